The third kappa shape index (κ3) is 9.79. The average Bonchev–Trinajstić information content (AvgIpc) is 3.36. The van der Waals surface area contributed by atoms with Crippen molar-refractivity contribution >= 4 is 47.1 Å². The average molecular weight is 710 g/mol. The monoisotopic (exact) mass is 709 g/mol. The summed E-state index contributed by atoms with van der Waals surface area (Å²) in [7, 11) is 0. The van der Waals surface area contributed by atoms with Gasteiger partial charge in [0.25, 0.3) is 11.8 Å². The smallest absolute Gasteiger partial charge is 0.471 e. The van der Waals surface area contributed by atoms with Crippen molar-refractivity contribution < 1.29 is 37.1 Å². The molecule has 272 valence electrons. The first-order valence-electron chi connectivity index (χ1n) is 16.9. The van der Waals surface area contributed by atoms with E-state index >= 15 is 0 Å². The summed E-state index contributed by atoms with van der Waals surface area (Å²) < 4.78 is 47.1. The molecule has 0 bridgehead atoms. The van der Waals surface area contributed by atoms with Crippen LogP contribution in [0.1, 0.15) is 75.2 Å². The van der Waals surface area contributed by atoms with Crippen molar-refractivity contribution in [2.24, 2.45) is 26.6 Å². The second-order valence-corrected chi connectivity index (χ2v) is 13.9. The summed E-state index contributed by atoms with van der Waals surface area (Å²) in [5.74, 6) is -3.14. The van der Waals surface area contributed by atoms with Gasteiger partial charge in [0.1, 0.15) is 11.4 Å². The van der Waals surface area contributed by atoms with Crippen molar-refractivity contribution in [3.05, 3.63) is 59.7 Å². The molecule has 0 radical (unpaired) electrons. The molecule has 12 nitrogen and oxygen atoms in total. The Kier molecular flexibility index (Phi) is 11.3. The number of nitrogens with two attached hydrogens (primary N) is 1. The predicted octanol–water partition coefficient (Wildman–Crippen LogP) is 4.30. The zero-order valence-corrected chi connectivity index (χ0v) is 28.7. The highest BCUT2D eigenvalue weighted by Crippen LogP contribution is 2.28. The van der Waals surface area contributed by atoms with Gasteiger partial charge >= 0.3 is 12.1 Å². The fraction of sp³-hybridized carbons (Fsp3) is 0.472. The van der Waals surface area contributed by atoms with Crippen LogP contribution in [0.2, 0.25) is 0 Å². The molecule has 1 saturated carbocycles. The van der Waals surface area contributed by atoms with Crippen LogP contribution in [0.4, 0.5) is 18.9 Å². The summed E-state index contributed by atoms with van der Waals surface area (Å²) in [6, 6.07) is 10.3. The lowest BCUT2D eigenvalue weighted by Gasteiger charge is -2.28. The van der Waals surface area contributed by atoms with Gasteiger partial charge in [0, 0.05) is 23.4 Å². The highest BCUT2D eigenvalue weighted by Gasteiger charge is 2.44. The van der Waals surface area contributed by atoms with Crippen LogP contribution in [0.15, 0.2) is 63.5 Å². The number of halogens is 3. The fourth-order valence-corrected chi connectivity index (χ4v) is 6.26. The Balaban J connectivity index is 1.34. The second kappa shape index (κ2) is 15.4. The SMILES string of the molecule is CC(C)(C)Oc1ccc(C[C@H](NC(=O)c2ccc(N(CC3=NC4C(=O)NC(N)=NC4N=C3)C(=O)C(F)(F)F)cc2)C(=O)C2CCCCCC2)cc1. The number of amides is 3. The molecule has 2 aromatic rings. The molecular weight excluding hydrogens is 667 g/mol. The molecule has 51 heavy (non-hydrogen) atoms. The van der Waals surface area contributed by atoms with Gasteiger partial charge in [-0.2, -0.15) is 13.2 Å². The van der Waals surface area contributed by atoms with Gasteiger partial charge in [-0.3, -0.25) is 39.4 Å². The van der Waals surface area contributed by atoms with Crippen molar-refractivity contribution in [1.29, 1.82) is 0 Å². The maximum absolute atomic E-state index is 13.9. The Hall–Kier alpha value is -5.08. The molecule has 0 spiro atoms. The topological polar surface area (TPSA) is 168 Å². The van der Waals surface area contributed by atoms with E-state index in [-0.39, 0.29) is 46.6 Å². The first-order valence-corrected chi connectivity index (χ1v) is 16.9. The molecule has 1 fully saturated rings. The van der Waals surface area contributed by atoms with Crippen molar-refractivity contribution in [1.82, 2.24) is 10.6 Å². The van der Waals surface area contributed by atoms with Gasteiger partial charge in [0.2, 0.25) is 0 Å². The number of hydrogen-bond acceptors (Lipinski definition) is 9. The fourth-order valence-electron chi connectivity index (χ4n) is 6.26. The summed E-state index contributed by atoms with van der Waals surface area (Å²) in [5.41, 5.74) is 5.82. The molecule has 2 heterocycles. The molecule has 1 aliphatic carbocycles. The minimum absolute atomic E-state index is 0.0592. The number of aliphatic imine (C=N–C) groups is 3. The number of fused-ring (bicyclic) bond motifs is 1. The molecule has 2 aromatic carbocycles. The van der Waals surface area contributed by atoms with Gasteiger partial charge in [0.05, 0.1) is 18.3 Å². The molecule has 2 unspecified atom stereocenters. The normalized spacial score (nSPS) is 20.2. The molecule has 3 aliphatic rings. The lowest BCUT2D eigenvalue weighted by molar-refractivity contribution is -0.170. The summed E-state index contributed by atoms with van der Waals surface area (Å²) in [4.78, 5) is 65.0. The quantitative estimate of drug-likeness (QED) is 0.311. The Bertz CT molecular complexity index is 1710. The minimum Gasteiger partial charge on any atom is -0.488 e. The number of alkyl halides is 3. The number of carbonyl (C=O) groups excluding carboxylic acids is 4. The molecule has 4 N–H and O–H groups in total. The number of nitrogens with zero attached hydrogens (tertiary/aromatic N) is 4. The number of guanidine groups is 1. The lowest BCUT2D eigenvalue weighted by Crippen LogP contribution is -2.53. The van der Waals surface area contributed by atoms with E-state index in [4.69, 9.17) is 10.5 Å². The Labute approximate surface area is 293 Å². The van der Waals surface area contributed by atoms with Crippen molar-refractivity contribution in [3.8, 4) is 5.75 Å². The van der Waals surface area contributed by atoms with Crippen molar-refractivity contribution in [2.45, 2.75) is 95.7 Å². The molecule has 3 atom stereocenters. The van der Waals surface area contributed by atoms with Crippen LogP contribution in [-0.4, -0.2) is 78.0 Å². The molecule has 15 heteroatoms. The maximum Gasteiger partial charge on any atom is 0.471 e. The van der Waals surface area contributed by atoms with Crippen LogP contribution in [-0.2, 0) is 20.8 Å². The van der Waals surface area contributed by atoms with Gasteiger partial charge in [0.15, 0.2) is 24.0 Å². The highest BCUT2D eigenvalue weighted by molar-refractivity contribution is 6.34. The summed E-state index contributed by atoms with van der Waals surface area (Å²) in [5, 5.41) is 5.17. The zero-order chi connectivity index (χ0) is 36.9. The minimum atomic E-state index is -5.24. The van der Waals surface area contributed by atoms with Gasteiger partial charge in [-0.05, 0) is 82.0 Å². The highest BCUT2D eigenvalue weighted by atomic mass is 19.4. The molecular formula is C36H42F3N7O5. The predicted molar refractivity (Wildman–Crippen MR) is 186 cm³/mol. The van der Waals surface area contributed by atoms with E-state index in [0.29, 0.717) is 10.6 Å². The number of ether oxygens (including phenoxy) is 1. The maximum atomic E-state index is 13.9. The standard InChI is InChI=1S/C36H42F3N7O5/c1-35(2,3)51-26-16-10-21(11-17-26)18-27(29(47)22-8-6-4-5-7-9-22)43-31(48)23-12-14-25(15-13-23)46(33(50)36(37,38)39)20-24-19-41-30-28(42-24)32(49)45-34(40)44-30/h10-17,19,22,27-28,30H,4-9,18,20H2,1-3H3,(H,43,48)(H3,40,44,45,49)/t27-,28?,30?/m0/s1. The molecule has 0 aromatic heterocycles. The van der Waals surface area contributed by atoms with Crippen LogP contribution in [0.25, 0.3) is 0 Å². The van der Waals surface area contributed by atoms with Crippen LogP contribution in [0.5, 0.6) is 5.75 Å². The summed E-state index contributed by atoms with van der Waals surface area (Å²) in [6.45, 7) is 5.15. The Morgan fingerprint density at radius 1 is 0.980 bits per heavy atom. The Morgan fingerprint density at radius 2 is 1.63 bits per heavy atom. The number of benzene rings is 2. The number of carbonyl (C=O) groups is 4. The van der Waals surface area contributed by atoms with E-state index in [2.05, 4.69) is 25.6 Å². The van der Waals surface area contributed by atoms with Crippen LogP contribution < -0.4 is 26.0 Å². The largest absolute Gasteiger partial charge is 0.488 e. The molecule has 5 rings (SSSR count). The molecule has 3 amide bonds. The van der Waals surface area contributed by atoms with Crippen molar-refractivity contribution in [3.63, 3.8) is 0 Å². The number of nitrogens with one attached hydrogen (secondary N) is 2. The van der Waals surface area contributed by atoms with E-state index in [1.54, 1.807) is 0 Å². The number of hydrogen-bond donors (Lipinski definition) is 3. The molecule has 2 aliphatic heterocycles. The molecule has 0 saturated heterocycles. The van der Waals surface area contributed by atoms with Crippen LogP contribution in [0.3, 0.4) is 0 Å². The van der Waals surface area contributed by atoms with Gasteiger partial charge in [-0.15, -0.1) is 0 Å². The van der Waals surface area contributed by atoms with Gasteiger partial charge in [-0.25, -0.2) is 4.99 Å². The number of rotatable bonds is 10. The van der Waals surface area contributed by atoms with Crippen molar-refractivity contribution in [2.75, 3.05) is 11.4 Å². The van der Waals surface area contributed by atoms with E-state index < -0.39 is 48.7 Å². The van der Waals surface area contributed by atoms with E-state index in [0.717, 1.165) is 50.3 Å². The summed E-state index contributed by atoms with van der Waals surface area (Å²) in [6.07, 6.45) is 0.624. The van der Waals surface area contributed by atoms with E-state index in [1.165, 1.54) is 24.3 Å². The number of anilines is 1. The second-order valence-electron chi connectivity index (χ2n) is 13.9. The van der Waals surface area contributed by atoms with Crippen LogP contribution in [0, 0.1) is 5.92 Å². The van der Waals surface area contributed by atoms with Gasteiger partial charge < -0.3 is 15.8 Å². The third-order valence-corrected chi connectivity index (χ3v) is 8.70. The van der Waals surface area contributed by atoms with Gasteiger partial charge in [-0.1, -0.05) is 37.8 Å². The zero-order valence-electron chi connectivity index (χ0n) is 28.7. The van der Waals surface area contributed by atoms with E-state index in [1.807, 2.05) is 45.0 Å². The summed E-state index contributed by atoms with van der Waals surface area (Å²) >= 11 is 0. The number of ketones is 1. The number of Topliss-reactive ketones (excluding diaryl/α,β-unsaturated/α-hetero) is 1. The first-order chi connectivity index (χ1) is 24.1. The third-order valence-electron chi connectivity index (χ3n) is 8.70. The van der Waals surface area contributed by atoms with E-state index in [9.17, 15) is 32.3 Å². The Morgan fingerprint density at radius 3 is 2.24 bits per heavy atom. The van der Waals surface area contributed by atoms with Crippen LogP contribution >= 0.6 is 0 Å². The lowest BCUT2D eigenvalue weighted by atomic mass is 9.88. The first kappa shape index (κ1) is 37.2.